The molecule has 1 aliphatic rings. The quantitative estimate of drug-likeness (QED) is 0.790. The Kier molecular flexibility index (Phi) is 5.38. The van der Waals surface area contributed by atoms with Crippen molar-refractivity contribution in [3.8, 4) is 11.5 Å². The molecule has 138 valence electrons. The number of carbonyl (C=O) groups excluding carboxylic acids is 2. The summed E-state index contributed by atoms with van der Waals surface area (Å²) in [7, 11) is 5.06. The molecule has 0 saturated heterocycles. The van der Waals surface area contributed by atoms with Crippen LogP contribution in [-0.4, -0.2) is 49.5 Å². The number of likely N-dealkylation sites (N-methyl/N-ethyl adjacent to an activating group) is 1. The largest absolute Gasteiger partial charge is 0.493 e. The second-order valence-electron chi connectivity index (χ2n) is 5.85. The molecule has 0 radical (unpaired) electrons. The van der Waals surface area contributed by atoms with Crippen LogP contribution in [0.1, 0.15) is 10.6 Å². The molecule has 8 nitrogen and oxygen atoms in total. The van der Waals surface area contributed by atoms with Crippen LogP contribution in [-0.2, 0) is 22.6 Å². The number of benzene rings is 1. The zero-order valence-corrected chi connectivity index (χ0v) is 15.6. The first kappa shape index (κ1) is 18.2. The van der Waals surface area contributed by atoms with Gasteiger partial charge >= 0.3 is 11.8 Å². The molecule has 2 aromatic rings. The highest BCUT2D eigenvalue weighted by Gasteiger charge is 2.21. The summed E-state index contributed by atoms with van der Waals surface area (Å²) in [6, 6.07) is 4.87. The standard InChI is InChI=1S/C17H20N4O4S/c1-21-7-6-11-14(9-21)26-17(19-11)20-16(23)15(22)18-10-4-5-12(24-2)13(8-10)25-3/h4-5,8H,6-7,9H2,1-3H3,(H,18,22)(H,19,20,23). The molecule has 0 unspecified atom stereocenters. The van der Waals surface area contributed by atoms with Crippen molar-refractivity contribution in [1.29, 1.82) is 0 Å². The SMILES string of the molecule is COc1ccc(NC(=O)C(=O)Nc2nc3c(s2)CN(C)CC3)cc1OC. The Morgan fingerprint density at radius 1 is 1.15 bits per heavy atom. The first-order chi connectivity index (χ1) is 12.5. The molecular formula is C17H20N4O4S. The summed E-state index contributed by atoms with van der Waals surface area (Å²) in [5, 5.41) is 5.55. The number of hydrogen-bond acceptors (Lipinski definition) is 7. The van der Waals surface area contributed by atoms with E-state index in [0.29, 0.717) is 22.3 Å². The van der Waals surface area contributed by atoms with Gasteiger partial charge in [-0.05, 0) is 19.2 Å². The number of rotatable bonds is 4. The summed E-state index contributed by atoms with van der Waals surface area (Å²) < 4.78 is 10.3. The van der Waals surface area contributed by atoms with Crippen LogP contribution in [0.3, 0.4) is 0 Å². The van der Waals surface area contributed by atoms with Crippen LogP contribution in [0.15, 0.2) is 18.2 Å². The number of ether oxygens (including phenoxy) is 2. The number of fused-ring (bicyclic) bond motifs is 1. The number of amides is 2. The average molecular weight is 376 g/mol. The minimum atomic E-state index is -0.775. The Morgan fingerprint density at radius 3 is 2.62 bits per heavy atom. The third kappa shape index (κ3) is 3.94. The van der Waals surface area contributed by atoms with Crippen LogP contribution in [0.5, 0.6) is 11.5 Å². The van der Waals surface area contributed by atoms with Crippen molar-refractivity contribution in [2.45, 2.75) is 13.0 Å². The molecule has 3 rings (SSSR count). The van der Waals surface area contributed by atoms with E-state index in [1.807, 2.05) is 7.05 Å². The maximum absolute atomic E-state index is 12.1. The maximum atomic E-state index is 12.1. The van der Waals surface area contributed by atoms with Crippen LogP contribution < -0.4 is 20.1 Å². The summed E-state index contributed by atoms with van der Waals surface area (Å²) in [5.41, 5.74) is 1.42. The third-order valence-corrected chi connectivity index (χ3v) is 4.99. The van der Waals surface area contributed by atoms with E-state index in [2.05, 4.69) is 20.5 Å². The van der Waals surface area contributed by atoms with Gasteiger partial charge in [0.2, 0.25) is 0 Å². The van der Waals surface area contributed by atoms with Crippen LogP contribution >= 0.6 is 11.3 Å². The normalized spacial score (nSPS) is 13.7. The molecule has 9 heteroatoms. The molecule has 1 aromatic heterocycles. The van der Waals surface area contributed by atoms with Crippen molar-refractivity contribution in [1.82, 2.24) is 9.88 Å². The van der Waals surface area contributed by atoms with Gasteiger partial charge in [0.05, 0.1) is 19.9 Å². The highest BCUT2D eigenvalue weighted by molar-refractivity contribution is 7.16. The molecule has 2 N–H and O–H groups in total. The molecule has 0 spiro atoms. The molecule has 1 aliphatic heterocycles. The fraction of sp³-hybridized carbons (Fsp3) is 0.353. The van der Waals surface area contributed by atoms with Crippen molar-refractivity contribution >= 4 is 34.0 Å². The molecule has 2 amide bonds. The number of nitrogens with one attached hydrogen (secondary N) is 2. The van der Waals surface area contributed by atoms with Gasteiger partial charge in [0, 0.05) is 36.1 Å². The molecule has 0 aliphatic carbocycles. The lowest BCUT2D eigenvalue weighted by atomic mass is 10.2. The Bertz CT molecular complexity index is 836. The van der Waals surface area contributed by atoms with Crippen LogP contribution in [0, 0.1) is 0 Å². The number of nitrogens with zero attached hydrogens (tertiary/aromatic N) is 2. The number of hydrogen-bond donors (Lipinski definition) is 2. The second-order valence-corrected chi connectivity index (χ2v) is 6.94. The molecule has 1 aromatic carbocycles. The molecule has 0 atom stereocenters. The average Bonchev–Trinajstić information content (AvgIpc) is 3.02. The molecule has 0 bridgehead atoms. The van der Waals surface area contributed by atoms with Crippen molar-refractivity contribution in [2.24, 2.45) is 0 Å². The van der Waals surface area contributed by atoms with Gasteiger partial charge in [-0.2, -0.15) is 0 Å². The van der Waals surface area contributed by atoms with Gasteiger partial charge in [-0.3, -0.25) is 14.9 Å². The van der Waals surface area contributed by atoms with E-state index in [-0.39, 0.29) is 0 Å². The highest BCUT2D eigenvalue weighted by atomic mass is 32.1. The first-order valence-corrected chi connectivity index (χ1v) is 8.83. The second kappa shape index (κ2) is 7.71. The van der Waals surface area contributed by atoms with Gasteiger partial charge < -0.3 is 19.7 Å². The first-order valence-electron chi connectivity index (χ1n) is 8.01. The van der Waals surface area contributed by atoms with Crippen molar-refractivity contribution in [3.05, 3.63) is 28.8 Å². The summed E-state index contributed by atoms with van der Waals surface area (Å²) in [6.07, 6.45) is 0.843. The molecule has 2 heterocycles. The summed E-state index contributed by atoms with van der Waals surface area (Å²) in [4.78, 5) is 32.0. The predicted octanol–water partition coefficient (Wildman–Crippen LogP) is 1.73. The van der Waals surface area contributed by atoms with Gasteiger partial charge in [-0.25, -0.2) is 4.98 Å². The molecule has 26 heavy (non-hydrogen) atoms. The molecule has 0 fully saturated rings. The summed E-state index contributed by atoms with van der Waals surface area (Å²) >= 11 is 1.40. The molecule has 0 saturated carbocycles. The van der Waals surface area contributed by atoms with Crippen molar-refractivity contribution in [3.63, 3.8) is 0 Å². The number of aromatic nitrogens is 1. The van der Waals surface area contributed by atoms with E-state index in [0.717, 1.165) is 30.1 Å². The van der Waals surface area contributed by atoms with Gasteiger partial charge in [0.15, 0.2) is 16.6 Å². The molecular weight excluding hydrogens is 356 g/mol. The van der Waals surface area contributed by atoms with Gasteiger partial charge in [-0.1, -0.05) is 0 Å². The lowest BCUT2D eigenvalue weighted by Gasteiger charge is -2.20. The Balaban J connectivity index is 1.64. The van der Waals surface area contributed by atoms with Gasteiger partial charge in [0.25, 0.3) is 0 Å². The van der Waals surface area contributed by atoms with Gasteiger partial charge in [0.1, 0.15) is 0 Å². The lowest BCUT2D eigenvalue weighted by Crippen LogP contribution is -2.29. The van der Waals surface area contributed by atoms with E-state index >= 15 is 0 Å². The van der Waals surface area contributed by atoms with Crippen LogP contribution in [0.4, 0.5) is 10.8 Å². The topological polar surface area (TPSA) is 92.8 Å². The fourth-order valence-electron chi connectivity index (χ4n) is 2.63. The van der Waals surface area contributed by atoms with E-state index < -0.39 is 11.8 Å². The minimum Gasteiger partial charge on any atom is -0.493 e. The van der Waals surface area contributed by atoms with Crippen LogP contribution in [0.2, 0.25) is 0 Å². The van der Waals surface area contributed by atoms with E-state index in [1.54, 1.807) is 18.2 Å². The smallest absolute Gasteiger partial charge is 0.315 e. The predicted molar refractivity (Wildman–Crippen MR) is 99.0 cm³/mol. The monoisotopic (exact) mass is 376 g/mol. The maximum Gasteiger partial charge on any atom is 0.315 e. The zero-order chi connectivity index (χ0) is 18.7. The number of methoxy groups -OCH3 is 2. The van der Waals surface area contributed by atoms with Crippen molar-refractivity contribution in [2.75, 3.05) is 38.4 Å². The minimum absolute atomic E-state index is 0.433. The Morgan fingerprint density at radius 2 is 1.88 bits per heavy atom. The highest BCUT2D eigenvalue weighted by Crippen LogP contribution is 2.30. The van der Waals surface area contributed by atoms with E-state index in [4.69, 9.17) is 9.47 Å². The Labute approximate surface area is 155 Å². The fourth-order valence-corrected chi connectivity index (χ4v) is 3.72. The van der Waals surface area contributed by atoms with Crippen LogP contribution in [0.25, 0.3) is 0 Å². The van der Waals surface area contributed by atoms with Crippen molar-refractivity contribution < 1.29 is 19.1 Å². The van der Waals surface area contributed by atoms with Gasteiger partial charge in [-0.15, -0.1) is 11.3 Å². The lowest BCUT2D eigenvalue weighted by molar-refractivity contribution is -0.133. The number of carbonyl (C=O) groups is 2. The third-order valence-electron chi connectivity index (χ3n) is 3.99. The number of thiazole rings is 1. The summed E-state index contributed by atoms with van der Waals surface area (Å²) in [6.45, 7) is 1.74. The Hall–Kier alpha value is -2.65. The summed E-state index contributed by atoms with van der Waals surface area (Å²) in [5.74, 6) is -0.544. The van der Waals surface area contributed by atoms with E-state index in [1.165, 1.54) is 25.6 Å². The zero-order valence-electron chi connectivity index (χ0n) is 14.8. The van der Waals surface area contributed by atoms with E-state index in [9.17, 15) is 9.59 Å². The number of anilines is 2.